The Morgan fingerprint density at radius 3 is 2.75 bits per heavy atom. The number of hydrogen-bond acceptors (Lipinski definition) is 4. The lowest BCUT2D eigenvalue weighted by Gasteiger charge is -2.05. The van der Waals surface area contributed by atoms with Gasteiger partial charge in [0.2, 0.25) is 0 Å². The summed E-state index contributed by atoms with van der Waals surface area (Å²) in [7, 11) is -3.30. The van der Waals surface area contributed by atoms with Crippen LogP contribution in [0.25, 0.3) is 11.1 Å². The van der Waals surface area contributed by atoms with Crippen LogP contribution < -0.4 is 5.73 Å². The maximum Gasteiger partial charge on any atom is 0.256 e. The van der Waals surface area contributed by atoms with Gasteiger partial charge in [0.15, 0.2) is 0 Å². The van der Waals surface area contributed by atoms with Gasteiger partial charge >= 0.3 is 0 Å². The van der Waals surface area contributed by atoms with E-state index in [4.69, 9.17) is 5.73 Å². The zero-order chi connectivity index (χ0) is 14.3. The Balaban J connectivity index is 1.98. The molecule has 0 radical (unpaired) electrons. The number of nitrogens with two attached hydrogens (primary N) is 1. The third-order valence-electron chi connectivity index (χ3n) is 3.62. The van der Waals surface area contributed by atoms with Crippen LogP contribution in [-0.4, -0.2) is 22.9 Å². The summed E-state index contributed by atoms with van der Waals surface area (Å²) in [6.45, 7) is 2.04. The Morgan fingerprint density at radius 1 is 1.35 bits per heavy atom. The van der Waals surface area contributed by atoms with E-state index in [1.807, 2.05) is 25.1 Å². The molecule has 1 aromatic carbocycles. The van der Waals surface area contributed by atoms with Crippen LogP contribution in [0.4, 0.5) is 5.69 Å². The van der Waals surface area contributed by atoms with Gasteiger partial charge in [-0.25, -0.2) is 8.42 Å². The molecule has 1 aromatic heterocycles. The summed E-state index contributed by atoms with van der Waals surface area (Å²) < 4.78 is 25.3. The van der Waals surface area contributed by atoms with Crippen molar-refractivity contribution >= 4 is 15.7 Å². The van der Waals surface area contributed by atoms with Gasteiger partial charge in [-0.3, -0.25) is 0 Å². The number of nitrogen functional groups attached to an aromatic ring is 1. The molecule has 6 heteroatoms. The van der Waals surface area contributed by atoms with Crippen LogP contribution >= 0.6 is 0 Å². The molecule has 0 aliphatic heterocycles. The summed E-state index contributed by atoms with van der Waals surface area (Å²) in [5, 5.41) is 3.74. The fraction of sp³-hybridized carbons (Fsp3) is 0.357. The average molecular weight is 291 g/mol. The minimum Gasteiger partial charge on any atom is -0.399 e. The molecule has 1 aliphatic carbocycles. The van der Waals surface area contributed by atoms with Gasteiger partial charge < -0.3 is 5.73 Å². The smallest absolute Gasteiger partial charge is 0.256 e. The van der Waals surface area contributed by atoms with Crippen molar-refractivity contribution in [2.75, 3.05) is 5.73 Å². The van der Waals surface area contributed by atoms with Gasteiger partial charge in [0.1, 0.15) is 0 Å². The van der Waals surface area contributed by atoms with E-state index in [1.165, 1.54) is 0 Å². The van der Waals surface area contributed by atoms with E-state index in [1.54, 1.807) is 12.4 Å². The zero-order valence-electron chi connectivity index (χ0n) is 11.3. The Bertz CT molecular complexity index is 746. The zero-order valence-corrected chi connectivity index (χ0v) is 12.1. The molecule has 2 N–H and O–H groups in total. The Hall–Kier alpha value is -1.82. The van der Waals surface area contributed by atoms with E-state index < -0.39 is 10.0 Å². The number of aromatic nitrogens is 2. The van der Waals surface area contributed by atoms with Crippen molar-refractivity contribution in [3.05, 3.63) is 36.2 Å². The molecule has 0 spiro atoms. The highest BCUT2D eigenvalue weighted by Crippen LogP contribution is 2.31. The Morgan fingerprint density at radius 2 is 2.10 bits per heavy atom. The first-order valence-corrected chi connectivity index (χ1v) is 8.20. The molecule has 0 unspecified atom stereocenters. The van der Waals surface area contributed by atoms with Gasteiger partial charge in [-0.05, 0) is 42.5 Å². The van der Waals surface area contributed by atoms with Crippen LogP contribution in [0.3, 0.4) is 0 Å². The fourth-order valence-electron chi connectivity index (χ4n) is 2.20. The van der Waals surface area contributed by atoms with Crippen molar-refractivity contribution in [3.8, 4) is 11.1 Å². The quantitative estimate of drug-likeness (QED) is 0.874. The lowest BCUT2D eigenvalue weighted by atomic mass is 10.0. The van der Waals surface area contributed by atoms with Crippen molar-refractivity contribution in [2.24, 2.45) is 0 Å². The molecular weight excluding hydrogens is 274 g/mol. The molecule has 1 heterocycles. The molecule has 3 rings (SSSR count). The van der Waals surface area contributed by atoms with E-state index in [9.17, 15) is 8.42 Å². The van der Waals surface area contributed by atoms with Crippen LogP contribution in [0, 0.1) is 0 Å². The van der Waals surface area contributed by atoms with Crippen molar-refractivity contribution in [1.29, 1.82) is 0 Å². The lowest BCUT2D eigenvalue weighted by Crippen LogP contribution is -2.17. The van der Waals surface area contributed by atoms with E-state index >= 15 is 0 Å². The highest BCUT2D eigenvalue weighted by molar-refractivity contribution is 7.90. The van der Waals surface area contributed by atoms with Crippen molar-refractivity contribution in [3.63, 3.8) is 0 Å². The second-order valence-corrected chi connectivity index (χ2v) is 7.18. The second kappa shape index (κ2) is 4.63. The summed E-state index contributed by atoms with van der Waals surface area (Å²) in [4.78, 5) is 0. The van der Waals surface area contributed by atoms with Crippen LogP contribution in [0.15, 0.2) is 30.6 Å². The molecule has 1 saturated carbocycles. The molecule has 1 aliphatic rings. The highest BCUT2D eigenvalue weighted by atomic mass is 32.2. The third-order valence-corrected chi connectivity index (χ3v) is 5.66. The van der Waals surface area contributed by atoms with E-state index in [0.717, 1.165) is 45.7 Å². The van der Waals surface area contributed by atoms with Crippen molar-refractivity contribution in [2.45, 2.75) is 31.4 Å². The van der Waals surface area contributed by atoms with Gasteiger partial charge in [0, 0.05) is 11.3 Å². The largest absolute Gasteiger partial charge is 0.399 e. The molecule has 0 atom stereocenters. The van der Waals surface area contributed by atoms with Crippen LogP contribution in [0.1, 0.15) is 25.3 Å². The molecule has 20 heavy (non-hydrogen) atoms. The number of nitrogens with zero attached hydrogens (tertiary/aromatic N) is 2. The third kappa shape index (κ3) is 2.20. The van der Waals surface area contributed by atoms with Crippen molar-refractivity contribution in [1.82, 2.24) is 9.19 Å². The number of rotatable bonds is 4. The number of benzene rings is 1. The van der Waals surface area contributed by atoms with Gasteiger partial charge in [0.05, 0.1) is 17.6 Å². The van der Waals surface area contributed by atoms with E-state index in [0.29, 0.717) is 0 Å². The molecule has 0 saturated heterocycles. The summed E-state index contributed by atoms with van der Waals surface area (Å²) in [6.07, 6.45) is 5.48. The number of anilines is 1. The summed E-state index contributed by atoms with van der Waals surface area (Å²) in [5.41, 5.74) is 9.43. The molecule has 1 fully saturated rings. The first-order chi connectivity index (χ1) is 9.52. The minimum atomic E-state index is -3.30. The minimum absolute atomic E-state index is 0.257. The topological polar surface area (TPSA) is 78.0 Å². The van der Waals surface area contributed by atoms with Crippen LogP contribution in [-0.2, 0) is 16.4 Å². The normalized spacial score (nSPS) is 15.4. The fourth-order valence-corrected chi connectivity index (χ4v) is 3.68. The molecule has 0 amide bonds. The number of aryl methyl sites for hydroxylation is 1. The van der Waals surface area contributed by atoms with Gasteiger partial charge in [-0.2, -0.15) is 9.19 Å². The van der Waals surface area contributed by atoms with Crippen LogP contribution in [0.2, 0.25) is 0 Å². The van der Waals surface area contributed by atoms with Crippen LogP contribution in [0.5, 0.6) is 0 Å². The van der Waals surface area contributed by atoms with Crippen molar-refractivity contribution < 1.29 is 8.42 Å². The molecule has 0 bridgehead atoms. The maximum atomic E-state index is 12.1. The Kier molecular flexibility index (Phi) is 3.05. The van der Waals surface area contributed by atoms with Gasteiger partial charge in [-0.15, -0.1) is 0 Å². The SMILES string of the molecule is CCc1cc(-c2cnn(S(=O)(=O)C3CC3)c2)ccc1N. The van der Waals surface area contributed by atoms with Gasteiger partial charge in [-0.1, -0.05) is 13.0 Å². The second-order valence-electron chi connectivity index (χ2n) is 5.11. The molecule has 2 aromatic rings. The average Bonchev–Trinajstić information content (AvgIpc) is 3.18. The van der Waals surface area contributed by atoms with E-state index in [-0.39, 0.29) is 5.25 Å². The first kappa shape index (κ1) is 13.2. The Labute approximate surface area is 118 Å². The number of hydrogen-bond donors (Lipinski definition) is 1. The lowest BCUT2D eigenvalue weighted by molar-refractivity contribution is 0.578. The predicted octanol–water partition coefficient (Wildman–Crippen LogP) is 2.03. The standard InChI is InChI=1S/C14H17N3O2S/c1-2-10-7-11(3-6-14(10)15)12-8-16-17(9-12)20(18,19)13-4-5-13/h3,6-9,13H,2,4-5,15H2,1H3. The molecule has 106 valence electrons. The summed E-state index contributed by atoms with van der Waals surface area (Å²) in [5.74, 6) is 0. The molecular formula is C14H17N3O2S. The van der Waals surface area contributed by atoms with E-state index in [2.05, 4.69) is 5.10 Å². The summed E-state index contributed by atoms with van der Waals surface area (Å²) in [6, 6.07) is 5.72. The maximum absolute atomic E-state index is 12.1. The monoisotopic (exact) mass is 291 g/mol. The summed E-state index contributed by atoms with van der Waals surface area (Å²) >= 11 is 0. The molecule has 5 nitrogen and oxygen atoms in total. The first-order valence-electron chi connectivity index (χ1n) is 6.70. The predicted molar refractivity (Wildman–Crippen MR) is 78.8 cm³/mol. The highest BCUT2D eigenvalue weighted by Gasteiger charge is 2.37. The van der Waals surface area contributed by atoms with Gasteiger partial charge in [0.25, 0.3) is 10.0 Å².